The minimum atomic E-state index is -1.05. The molecule has 0 bridgehead atoms. The van der Waals surface area contributed by atoms with Gasteiger partial charge in [-0.25, -0.2) is 0 Å². The zero-order chi connectivity index (χ0) is 12.9. The third-order valence-corrected chi connectivity index (χ3v) is 8.40. The molecule has 0 saturated carbocycles. The number of benzene rings is 1. The number of nitrogens with two attached hydrogens (primary N) is 1. The third kappa shape index (κ3) is 3.49. The molecule has 2 atom stereocenters. The SMILES string of the molecule is CCC(C)S(N)(Cc1ccccc1)C(C)CC. The number of hydrogen-bond acceptors (Lipinski definition) is 1. The maximum absolute atomic E-state index is 6.82. The monoisotopic (exact) mass is 253 g/mol. The van der Waals surface area contributed by atoms with Gasteiger partial charge in [0.25, 0.3) is 0 Å². The average Bonchev–Trinajstić information content (AvgIpc) is 2.37. The lowest BCUT2D eigenvalue weighted by Crippen LogP contribution is -2.32. The Labute approximate surface area is 108 Å². The molecule has 0 spiro atoms. The summed E-state index contributed by atoms with van der Waals surface area (Å²) in [4.78, 5) is 0. The van der Waals surface area contributed by atoms with Crippen molar-refractivity contribution in [3.05, 3.63) is 35.9 Å². The van der Waals surface area contributed by atoms with E-state index in [0.29, 0.717) is 10.5 Å². The van der Waals surface area contributed by atoms with E-state index in [-0.39, 0.29) is 0 Å². The van der Waals surface area contributed by atoms with Crippen LogP contribution in [0.4, 0.5) is 0 Å². The molecule has 2 heteroatoms. The molecule has 0 saturated heterocycles. The Morgan fingerprint density at radius 1 is 1.00 bits per heavy atom. The first-order valence-corrected chi connectivity index (χ1v) is 8.64. The van der Waals surface area contributed by atoms with Crippen molar-refractivity contribution in [3.63, 3.8) is 0 Å². The van der Waals surface area contributed by atoms with E-state index >= 15 is 0 Å². The van der Waals surface area contributed by atoms with Gasteiger partial charge in [0.1, 0.15) is 0 Å². The van der Waals surface area contributed by atoms with Crippen molar-refractivity contribution in [2.24, 2.45) is 5.14 Å². The third-order valence-electron chi connectivity index (χ3n) is 3.91. The fourth-order valence-corrected chi connectivity index (χ4v) is 5.54. The second-order valence-electron chi connectivity index (χ2n) is 4.98. The van der Waals surface area contributed by atoms with Gasteiger partial charge in [-0.15, -0.1) is 0 Å². The summed E-state index contributed by atoms with van der Waals surface area (Å²) >= 11 is 0. The highest BCUT2D eigenvalue weighted by atomic mass is 32.3. The van der Waals surface area contributed by atoms with Gasteiger partial charge in [0.15, 0.2) is 0 Å². The van der Waals surface area contributed by atoms with E-state index in [9.17, 15) is 0 Å². The van der Waals surface area contributed by atoms with Crippen molar-refractivity contribution in [3.8, 4) is 0 Å². The predicted octanol–water partition coefficient (Wildman–Crippen LogP) is 4.46. The maximum atomic E-state index is 6.82. The summed E-state index contributed by atoms with van der Waals surface area (Å²) < 4.78 is 0. The predicted molar refractivity (Wildman–Crippen MR) is 81.4 cm³/mol. The van der Waals surface area contributed by atoms with Gasteiger partial charge in [0.05, 0.1) is 0 Å². The Bertz CT molecular complexity index is 313. The van der Waals surface area contributed by atoms with Crippen LogP contribution in [0.3, 0.4) is 0 Å². The van der Waals surface area contributed by atoms with Crippen molar-refractivity contribution < 1.29 is 0 Å². The first-order valence-electron chi connectivity index (χ1n) is 6.65. The first-order chi connectivity index (χ1) is 8.04. The quantitative estimate of drug-likeness (QED) is 0.795. The maximum Gasteiger partial charge on any atom is 0.0144 e. The first kappa shape index (κ1) is 14.6. The van der Waals surface area contributed by atoms with Crippen LogP contribution < -0.4 is 5.14 Å². The van der Waals surface area contributed by atoms with Gasteiger partial charge < -0.3 is 0 Å². The van der Waals surface area contributed by atoms with E-state index in [2.05, 4.69) is 58.0 Å². The molecule has 1 aromatic rings. The van der Waals surface area contributed by atoms with Gasteiger partial charge in [0, 0.05) is 5.75 Å². The lowest BCUT2D eigenvalue weighted by Gasteiger charge is -2.46. The van der Waals surface area contributed by atoms with Crippen LogP contribution in [-0.2, 0) is 5.75 Å². The Morgan fingerprint density at radius 3 is 1.88 bits per heavy atom. The average molecular weight is 253 g/mol. The van der Waals surface area contributed by atoms with E-state index in [1.54, 1.807) is 0 Å². The topological polar surface area (TPSA) is 26.0 Å². The minimum Gasteiger partial charge on any atom is -0.294 e. The Kier molecular flexibility index (Phi) is 5.54. The van der Waals surface area contributed by atoms with Crippen molar-refractivity contribution in [2.75, 3.05) is 0 Å². The normalized spacial score (nSPS) is 20.3. The molecule has 17 heavy (non-hydrogen) atoms. The van der Waals surface area contributed by atoms with E-state index < -0.39 is 10.2 Å². The molecule has 0 aliphatic rings. The van der Waals surface area contributed by atoms with Crippen molar-refractivity contribution in [1.82, 2.24) is 0 Å². The van der Waals surface area contributed by atoms with E-state index in [1.807, 2.05) is 0 Å². The van der Waals surface area contributed by atoms with Crippen LogP contribution in [0.15, 0.2) is 30.3 Å². The largest absolute Gasteiger partial charge is 0.294 e. The summed E-state index contributed by atoms with van der Waals surface area (Å²) in [5.74, 6) is 1.07. The van der Waals surface area contributed by atoms with Crippen LogP contribution in [0.5, 0.6) is 0 Å². The smallest absolute Gasteiger partial charge is 0.0144 e. The number of hydrogen-bond donors (Lipinski definition) is 1. The fourth-order valence-electron chi connectivity index (χ4n) is 2.16. The second-order valence-corrected chi connectivity index (χ2v) is 8.69. The lowest BCUT2D eigenvalue weighted by atomic mass is 10.2. The van der Waals surface area contributed by atoms with Crippen LogP contribution in [0.25, 0.3) is 0 Å². The molecule has 0 amide bonds. The molecule has 1 nitrogen and oxygen atoms in total. The zero-order valence-electron chi connectivity index (χ0n) is 11.6. The van der Waals surface area contributed by atoms with Gasteiger partial charge in [0.2, 0.25) is 0 Å². The zero-order valence-corrected chi connectivity index (χ0v) is 12.5. The molecule has 0 aliphatic carbocycles. The summed E-state index contributed by atoms with van der Waals surface area (Å²) in [6.45, 7) is 9.16. The van der Waals surface area contributed by atoms with Crippen molar-refractivity contribution >= 4 is 10.2 Å². The Balaban J connectivity index is 2.91. The van der Waals surface area contributed by atoms with Gasteiger partial charge in [-0.3, -0.25) is 5.14 Å². The molecule has 0 aromatic heterocycles. The molecular weight excluding hydrogens is 226 g/mol. The number of rotatable bonds is 6. The molecule has 0 heterocycles. The molecule has 98 valence electrons. The second kappa shape index (κ2) is 6.46. The molecule has 2 unspecified atom stereocenters. The van der Waals surface area contributed by atoms with Crippen LogP contribution >= 0.6 is 10.2 Å². The van der Waals surface area contributed by atoms with Crippen molar-refractivity contribution in [1.29, 1.82) is 0 Å². The molecule has 0 fully saturated rings. The Hall–Kier alpha value is -0.470. The van der Waals surface area contributed by atoms with Crippen molar-refractivity contribution in [2.45, 2.75) is 56.8 Å². The highest BCUT2D eigenvalue weighted by molar-refractivity contribution is 8.32. The van der Waals surface area contributed by atoms with Gasteiger partial charge in [-0.1, -0.05) is 58.0 Å². The minimum absolute atomic E-state index is 0.637. The molecule has 2 N–H and O–H groups in total. The molecule has 0 aliphatic heterocycles. The van der Waals surface area contributed by atoms with Crippen LogP contribution in [0.2, 0.25) is 0 Å². The standard InChI is InChI=1S/C15H27NS/c1-5-13(3)17(16,14(4)6-2)12-15-10-8-7-9-11-15/h7-11,13-14H,5-6,12,16H2,1-4H3. The van der Waals surface area contributed by atoms with Crippen LogP contribution in [-0.4, -0.2) is 10.5 Å². The van der Waals surface area contributed by atoms with Gasteiger partial charge in [-0.2, -0.15) is 10.2 Å². The summed E-state index contributed by atoms with van der Waals surface area (Å²) in [5, 5.41) is 8.09. The molecule has 1 rings (SSSR count). The summed E-state index contributed by atoms with van der Waals surface area (Å²) in [6, 6.07) is 10.7. The fraction of sp³-hybridized carbons (Fsp3) is 0.600. The van der Waals surface area contributed by atoms with E-state index in [0.717, 1.165) is 5.75 Å². The highest BCUT2D eigenvalue weighted by Gasteiger charge is 2.30. The Morgan fingerprint density at radius 2 is 1.47 bits per heavy atom. The van der Waals surface area contributed by atoms with E-state index in [1.165, 1.54) is 18.4 Å². The van der Waals surface area contributed by atoms with Crippen LogP contribution in [0.1, 0.15) is 46.1 Å². The van der Waals surface area contributed by atoms with E-state index in [4.69, 9.17) is 5.14 Å². The molecule has 0 radical (unpaired) electrons. The molecule has 1 aromatic carbocycles. The molecular formula is C15H27NS. The highest BCUT2D eigenvalue weighted by Crippen LogP contribution is 2.54. The van der Waals surface area contributed by atoms with Gasteiger partial charge in [-0.05, 0) is 28.9 Å². The lowest BCUT2D eigenvalue weighted by molar-refractivity contribution is 0.827. The van der Waals surface area contributed by atoms with Gasteiger partial charge >= 0.3 is 0 Å². The summed E-state index contributed by atoms with van der Waals surface area (Å²) in [5.41, 5.74) is 1.39. The summed E-state index contributed by atoms with van der Waals surface area (Å²) in [6.07, 6.45) is 2.37. The summed E-state index contributed by atoms with van der Waals surface area (Å²) in [7, 11) is -1.05. The van der Waals surface area contributed by atoms with Crippen LogP contribution in [0, 0.1) is 0 Å².